The quantitative estimate of drug-likeness (QED) is 0.0811. The standard InChI is InChI=1S/C43H47N5O2.4ClH.2Cu/c1-26(2)36-18-31(19-37(27(3)4)42(36)46-24-33-14-10-12-16-44-33)40-22-35(48(49)50)23-41(30(40)9)32-20-38(28(5)6)43(39(21-32)29(7)8)47-25-34-15-11-13-17-45-34;;;;;;/h10-29H,1-9H3;4*1H;;/p-4. The molecule has 56 heavy (non-hydrogen) atoms. The fourth-order valence-corrected chi connectivity index (χ4v) is 6.30. The van der Waals surface area contributed by atoms with Crippen LogP contribution in [0.5, 0.6) is 0 Å². The number of hydrogen-bond acceptors (Lipinski definition) is 6. The maximum atomic E-state index is 12.5. The van der Waals surface area contributed by atoms with Crippen LogP contribution < -0.4 is 49.6 Å². The number of hydrogen-bond donors (Lipinski definition) is 0. The summed E-state index contributed by atoms with van der Waals surface area (Å²) in [7, 11) is 0. The second-order valence-electron chi connectivity index (χ2n) is 14.1. The number of aromatic nitrogens is 2. The van der Waals surface area contributed by atoms with Gasteiger partial charge in [-0.3, -0.25) is 30.1 Å². The third-order valence-electron chi connectivity index (χ3n) is 9.08. The summed E-state index contributed by atoms with van der Waals surface area (Å²) < 4.78 is 0. The zero-order valence-electron chi connectivity index (χ0n) is 32.7. The first-order valence-electron chi connectivity index (χ1n) is 17.4. The fourth-order valence-electron chi connectivity index (χ4n) is 6.30. The average molecular weight is 935 g/mol. The molecule has 0 unspecified atom stereocenters. The third-order valence-corrected chi connectivity index (χ3v) is 9.08. The van der Waals surface area contributed by atoms with E-state index < -0.39 is 0 Å². The first-order chi connectivity index (χ1) is 23.8. The summed E-state index contributed by atoms with van der Waals surface area (Å²) in [6.45, 7) is 19.4. The number of halogens is 4. The van der Waals surface area contributed by atoms with Gasteiger partial charge in [-0.15, -0.1) is 0 Å². The first kappa shape index (κ1) is 55.0. The summed E-state index contributed by atoms with van der Waals surface area (Å²) in [5.74, 6) is 0.678. The fraction of sp³-hybridized carbons (Fsp3) is 0.302. The number of nitrogens with zero attached hydrogens (tertiary/aromatic N) is 5. The normalized spacial score (nSPS) is 10.7. The number of nitro benzene ring substituents is 1. The van der Waals surface area contributed by atoms with Crippen molar-refractivity contribution in [1.82, 2.24) is 9.97 Å². The van der Waals surface area contributed by atoms with Gasteiger partial charge in [-0.2, -0.15) is 0 Å². The first-order valence-corrected chi connectivity index (χ1v) is 17.4. The molecule has 2 radical (unpaired) electrons. The molecule has 0 aliphatic carbocycles. The smallest absolute Gasteiger partial charge is 0.270 e. The van der Waals surface area contributed by atoms with Crippen LogP contribution in [0.1, 0.15) is 118 Å². The van der Waals surface area contributed by atoms with Crippen molar-refractivity contribution >= 4 is 29.5 Å². The van der Waals surface area contributed by atoms with Crippen LogP contribution in [0, 0.1) is 17.0 Å². The van der Waals surface area contributed by atoms with Gasteiger partial charge in [-0.05, 0) is 129 Å². The Labute approximate surface area is 378 Å². The maximum absolute atomic E-state index is 12.5. The van der Waals surface area contributed by atoms with E-state index in [4.69, 9.17) is 9.98 Å². The summed E-state index contributed by atoms with van der Waals surface area (Å²) in [5, 5.41) is 12.5. The van der Waals surface area contributed by atoms with Gasteiger partial charge >= 0.3 is 0 Å². The molecule has 310 valence electrons. The molecule has 0 saturated heterocycles. The predicted molar refractivity (Wildman–Crippen MR) is 208 cm³/mol. The number of benzene rings is 3. The molecule has 0 saturated carbocycles. The van der Waals surface area contributed by atoms with Crippen LogP contribution in [0.25, 0.3) is 22.3 Å². The van der Waals surface area contributed by atoms with Crippen molar-refractivity contribution in [2.45, 2.75) is 86.0 Å². The van der Waals surface area contributed by atoms with E-state index >= 15 is 0 Å². The molecule has 0 aliphatic rings. The minimum Gasteiger partial charge on any atom is -1.00 e. The number of aliphatic imine (C=N–C) groups is 2. The van der Waals surface area contributed by atoms with E-state index in [0.717, 1.165) is 72.8 Å². The zero-order valence-corrected chi connectivity index (χ0v) is 37.6. The van der Waals surface area contributed by atoms with E-state index in [1.54, 1.807) is 24.5 Å². The van der Waals surface area contributed by atoms with Gasteiger partial charge in [-0.1, -0.05) is 67.5 Å². The van der Waals surface area contributed by atoms with E-state index in [1.807, 2.05) is 48.8 Å². The Kier molecular flexibility index (Phi) is 24.2. The molecule has 5 aromatic rings. The Morgan fingerprint density at radius 2 is 0.893 bits per heavy atom. The third kappa shape index (κ3) is 13.0. The summed E-state index contributed by atoms with van der Waals surface area (Å²) in [6, 6.07) is 23.6. The minimum absolute atomic E-state index is 0. The van der Waals surface area contributed by atoms with Crippen LogP contribution in [-0.2, 0) is 34.1 Å². The van der Waals surface area contributed by atoms with E-state index in [2.05, 4.69) is 96.5 Å². The van der Waals surface area contributed by atoms with Gasteiger partial charge in [0.05, 0.1) is 40.1 Å². The van der Waals surface area contributed by atoms with Crippen LogP contribution in [0.2, 0.25) is 0 Å². The van der Waals surface area contributed by atoms with Crippen molar-refractivity contribution in [3.05, 3.63) is 135 Å². The van der Waals surface area contributed by atoms with Crippen molar-refractivity contribution in [2.75, 3.05) is 0 Å². The Hall–Kier alpha value is -3.10. The van der Waals surface area contributed by atoms with E-state index in [9.17, 15) is 10.1 Å². The van der Waals surface area contributed by atoms with Crippen LogP contribution in [0.4, 0.5) is 17.1 Å². The zero-order chi connectivity index (χ0) is 36.1. The van der Waals surface area contributed by atoms with E-state index in [1.165, 1.54) is 0 Å². The van der Waals surface area contributed by atoms with Gasteiger partial charge in [0.25, 0.3) is 5.69 Å². The number of nitro groups is 1. The van der Waals surface area contributed by atoms with Crippen LogP contribution in [0.3, 0.4) is 0 Å². The Morgan fingerprint density at radius 3 is 1.14 bits per heavy atom. The van der Waals surface area contributed by atoms with Crippen molar-refractivity contribution in [3.8, 4) is 22.3 Å². The van der Waals surface area contributed by atoms with Crippen molar-refractivity contribution in [2.24, 2.45) is 9.98 Å². The van der Waals surface area contributed by atoms with E-state index in [0.29, 0.717) is 0 Å². The van der Waals surface area contributed by atoms with Crippen molar-refractivity contribution in [3.63, 3.8) is 0 Å². The largest absolute Gasteiger partial charge is 1.00 e. The van der Waals surface area contributed by atoms with Crippen LogP contribution >= 0.6 is 0 Å². The molecule has 0 spiro atoms. The molecular formula is C43H47Cl4Cu2N5O2-4. The second-order valence-corrected chi connectivity index (χ2v) is 14.1. The molecular weight excluding hydrogens is 887 g/mol. The maximum Gasteiger partial charge on any atom is 0.270 e. The molecule has 0 bridgehead atoms. The predicted octanol–water partition coefficient (Wildman–Crippen LogP) is 0.0330. The topological polar surface area (TPSA) is 93.6 Å². The molecule has 2 heterocycles. The molecule has 7 nitrogen and oxygen atoms in total. The Morgan fingerprint density at radius 1 is 0.571 bits per heavy atom. The molecule has 5 rings (SSSR count). The summed E-state index contributed by atoms with van der Waals surface area (Å²) in [5.41, 5.74) is 12.4. The Bertz CT molecular complexity index is 1880. The molecule has 13 heteroatoms. The van der Waals surface area contributed by atoms with Gasteiger partial charge in [0, 0.05) is 58.7 Å². The monoisotopic (exact) mass is 931 g/mol. The summed E-state index contributed by atoms with van der Waals surface area (Å²) in [4.78, 5) is 31.0. The molecule has 0 N–H and O–H groups in total. The van der Waals surface area contributed by atoms with Crippen molar-refractivity contribution < 1.29 is 88.7 Å². The van der Waals surface area contributed by atoms with Crippen molar-refractivity contribution in [1.29, 1.82) is 0 Å². The number of non-ortho nitro benzene ring substituents is 1. The second kappa shape index (κ2) is 24.6. The van der Waals surface area contributed by atoms with Gasteiger partial charge in [0.1, 0.15) is 0 Å². The van der Waals surface area contributed by atoms with Gasteiger partial charge in [0.2, 0.25) is 0 Å². The summed E-state index contributed by atoms with van der Waals surface area (Å²) in [6.07, 6.45) is 7.15. The van der Waals surface area contributed by atoms with Gasteiger partial charge < -0.3 is 49.6 Å². The number of rotatable bonds is 11. The Balaban J connectivity index is 0. The number of pyridine rings is 2. The van der Waals surface area contributed by atoms with Gasteiger partial charge in [-0.25, -0.2) is 0 Å². The molecule has 0 atom stereocenters. The molecule has 0 amide bonds. The molecule has 3 aromatic carbocycles. The minimum atomic E-state index is -0.289. The SMILES string of the molecule is Cc1c(-c2cc(C(C)C)c(N=Cc3ccccn3)c(C(C)C)c2)cc([N+](=O)[O-])cc1-c1cc(C(C)C)c(N=Cc2ccccn2)c(C(C)C)c1.[Cl-].[Cl-].[Cl-].[Cl-].[Cu].[Cu]. The van der Waals surface area contributed by atoms with E-state index in [-0.39, 0.29) is 118 Å². The van der Waals surface area contributed by atoms with Crippen LogP contribution in [0.15, 0.2) is 95.2 Å². The molecule has 0 aliphatic heterocycles. The molecule has 0 fully saturated rings. The van der Waals surface area contributed by atoms with Gasteiger partial charge in [0.15, 0.2) is 0 Å². The van der Waals surface area contributed by atoms with Crippen LogP contribution in [-0.4, -0.2) is 27.3 Å². The summed E-state index contributed by atoms with van der Waals surface area (Å²) >= 11 is 0. The average Bonchev–Trinajstić information content (AvgIpc) is 3.09. The molecule has 2 aromatic heterocycles.